The molecule has 0 aliphatic carbocycles. The van der Waals surface area contributed by atoms with E-state index in [4.69, 9.17) is 0 Å². The molecule has 1 N–H and O–H groups in total. The van der Waals surface area contributed by atoms with Gasteiger partial charge in [0.15, 0.2) is 0 Å². The lowest BCUT2D eigenvalue weighted by Gasteiger charge is -2.20. The van der Waals surface area contributed by atoms with Crippen molar-refractivity contribution in [2.75, 3.05) is 38.2 Å². The Morgan fingerprint density at radius 3 is 2.65 bits per heavy atom. The Bertz CT molecular complexity index is 314. The minimum absolute atomic E-state index is 0.294. The van der Waals surface area contributed by atoms with E-state index in [0.717, 1.165) is 25.4 Å². The summed E-state index contributed by atoms with van der Waals surface area (Å²) in [6.07, 6.45) is 3.28. The van der Waals surface area contributed by atoms with E-state index in [1.807, 2.05) is 0 Å². The lowest BCUT2D eigenvalue weighted by Crippen LogP contribution is -2.31. The minimum atomic E-state index is -2.79. The van der Waals surface area contributed by atoms with Crippen molar-refractivity contribution >= 4 is 9.84 Å². The van der Waals surface area contributed by atoms with Gasteiger partial charge in [-0.3, -0.25) is 0 Å². The molecule has 102 valence electrons. The highest BCUT2D eigenvalue weighted by atomic mass is 32.2. The fourth-order valence-electron chi connectivity index (χ4n) is 2.26. The number of hydrogen-bond donors (Lipinski definition) is 1. The average Bonchev–Trinajstić information content (AvgIpc) is 2.64. The number of likely N-dealkylation sites (tertiary alicyclic amines) is 1. The Hall–Kier alpha value is -0.130. The van der Waals surface area contributed by atoms with Gasteiger partial charge in [0.2, 0.25) is 0 Å². The Balaban J connectivity index is 2.05. The molecule has 0 aromatic heterocycles. The van der Waals surface area contributed by atoms with Crippen LogP contribution in [0.25, 0.3) is 0 Å². The number of sulfone groups is 1. The van der Waals surface area contributed by atoms with E-state index in [0.29, 0.717) is 11.8 Å². The van der Waals surface area contributed by atoms with E-state index in [1.54, 1.807) is 0 Å². The smallest absolute Gasteiger partial charge is 0.147 e. The van der Waals surface area contributed by atoms with Crippen LogP contribution in [0.2, 0.25) is 0 Å². The normalized spacial score (nSPS) is 22.5. The van der Waals surface area contributed by atoms with Gasteiger partial charge in [-0.15, -0.1) is 0 Å². The highest BCUT2D eigenvalue weighted by Gasteiger charge is 2.23. The third kappa shape index (κ3) is 6.38. The Kier molecular flexibility index (Phi) is 5.89. The van der Waals surface area contributed by atoms with Crippen molar-refractivity contribution in [1.29, 1.82) is 0 Å². The van der Waals surface area contributed by atoms with E-state index in [9.17, 15) is 8.42 Å². The highest BCUT2D eigenvalue weighted by molar-refractivity contribution is 7.90. The second-order valence-corrected chi connectivity index (χ2v) is 7.69. The average molecular weight is 262 g/mol. The van der Waals surface area contributed by atoms with Crippen LogP contribution in [0, 0.1) is 5.92 Å². The zero-order valence-corrected chi connectivity index (χ0v) is 12.1. The molecular formula is C12H26N2O2S. The van der Waals surface area contributed by atoms with Crippen LogP contribution in [0.4, 0.5) is 0 Å². The fourth-order valence-corrected chi connectivity index (χ4v) is 2.93. The molecule has 1 rings (SSSR count). The van der Waals surface area contributed by atoms with Gasteiger partial charge in [-0.05, 0) is 52.2 Å². The molecule has 1 fully saturated rings. The molecule has 4 nitrogen and oxygen atoms in total. The maximum atomic E-state index is 10.9. The lowest BCUT2D eigenvalue weighted by molar-refractivity contribution is 0.264. The van der Waals surface area contributed by atoms with Crippen LogP contribution in [0.1, 0.15) is 26.7 Å². The number of hydrogen-bond acceptors (Lipinski definition) is 4. The highest BCUT2D eigenvalue weighted by Crippen LogP contribution is 2.17. The zero-order valence-electron chi connectivity index (χ0n) is 11.3. The topological polar surface area (TPSA) is 49.4 Å². The van der Waals surface area contributed by atoms with Gasteiger partial charge in [0.05, 0.1) is 5.75 Å². The van der Waals surface area contributed by atoms with Crippen LogP contribution < -0.4 is 5.32 Å². The molecule has 1 unspecified atom stereocenters. The quantitative estimate of drug-likeness (QED) is 0.688. The molecule has 0 spiro atoms. The van der Waals surface area contributed by atoms with Gasteiger partial charge in [-0.2, -0.15) is 0 Å². The minimum Gasteiger partial charge on any atom is -0.316 e. The summed E-state index contributed by atoms with van der Waals surface area (Å²) < 4.78 is 21.9. The Morgan fingerprint density at radius 1 is 1.41 bits per heavy atom. The van der Waals surface area contributed by atoms with Crippen molar-refractivity contribution in [3.63, 3.8) is 0 Å². The molecule has 1 heterocycles. The molecule has 0 aromatic rings. The third-order valence-electron chi connectivity index (χ3n) is 3.35. The molecular weight excluding hydrogens is 236 g/mol. The van der Waals surface area contributed by atoms with Crippen LogP contribution >= 0.6 is 0 Å². The zero-order chi connectivity index (χ0) is 12.9. The molecule has 1 saturated heterocycles. The van der Waals surface area contributed by atoms with Gasteiger partial charge in [0.25, 0.3) is 0 Å². The summed E-state index contributed by atoms with van der Waals surface area (Å²) in [5.74, 6) is 1.03. The predicted octanol–water partition coefficient (Wildman–Crippen LogP) is 0.741. The molecule has 0 amide bonds. The first kappa shape index (κ1) is 14.9. The second kappa shape index (κ2) is 6.71. The van der Waals surface area contributed by atoms with Crippen LogP contribution in [0.3, 0.4) is 0 Å². The van der Waals surface area contributed by atoms with Crippen molar-refractivity contribution in [1.82, 2.24) is 10.2 Å². The van der Waals surface area contributed by atoms with E-state index in [-0.39, 0.29) is 0 Å². The maximum absolute atomic E-state index is 10.9. The Labute approximate surface area is 106 Å². The predicted molar refractivity (Wildman–Crippen MR) is 72.0 cm³/mol. The van der Waals surface area contributed by atoms with Crippen LogP contribution in [-0.2, 0) is 9.84 Å². The number of nitrogens with zero attached hydrogens (tertiary/aromatic N) is 1. The summed E-state index contributed by atoms with van der Waals surface area (Å²) >= 11 is 0. The van der Waals surface area contributed by atoms with Gasteiger partial charge < -0.3 is 10.2 Å². The van der Waals surface area contributed by atoms with Crippen LogP contribution in [0.15, 0.2) is 0 Å². The summed E-state index contributed by atoms with van der Waals surface area (Å²) in [5, 5.41) is 3.37. The summed E-state index contributed by atoms with van der Waals surface area (Å²) in [5.41, 5.74) is 0. The standard InChI is InChI=1S/C12H26N2O2S/c1-11(2)14-7-5-12(10-14)9-13-6-4-8-17(3,15)16/h11-13H,4-10H2,1-3H3. The van der Waals surface area contributed by atoms with Crippen molar-refractivity contribution in [2.45, 2.75) is 32.7 Å². The molecule has 5 heteroatoms. The SMILES string of the molecule is CC(C)N1CCC(CNCCCS(C)(=O)=O)C1. The number of rotatable bonds is 7. The van der Waals surface area contributed by atoms with Crippen molar-refractivity contribution in [2.24, 2.45) is 5.92 Å². The molecule has 0 aromatic carbocycles. The summed E-state index contributed by atoms with van der Waals surface area (Å²) in [4.78, 5) is 2.50. The summed E-state index contributed by atoms with van der Waals surface area (Å²) in [6, 6.07) is 0.644. The first-order chi connectivity index (χ1) is 7.88. The molecule has 1 aliphatic heterocycles. The van der Waals surface area contributed by atoms with E-state index < -0.39 is 9.84 Å². The number of nitrogens with one attached hydrogen (secondary N) is 1. The van der Waals surface area contributed by atoms with Gasteiger partial charge in [0, 0.05) is 18.8 Å². The first-order valence-corrected chi connectivity index (χ1v) is 8.57. The summed E-state index contributed by atoms with van der Waals surface area (Å²) in [6.45, 7) is 8.69. The Morgan fingerprint density at radius 2 is 2.12 bits per heavy atom. The van der Waals surface area contributed by atoms with Crippen LogP contribution in [0.5, 0.6) is 0 Å². The molecule has 1 aliphatic rings. The molecule has 0 radical (unpaired) electrons. The second-order valence-electron chi connectivity index (χ2n) is 5.43. The van der Waals surface area contributed by atoms with Crippen molar-refractivity contribution < 1.29 is 8.42 Å². The largest absolute Gasteiger partial charge is 0.316 e. The lowest BCUT2D eigenvalue weighted by atomic mass is 10.1. The van der Waals surface area contributed by atoms with Gasteiger partial charge in [0.1, 0.15) is 9.84 Å². The van der Waals surface area contributed by atoms with E-state index in [2.05, 4.69) is 24.1 Å². The molecule has 0 saturated carbocycles. The van der Waals surface area contributed by atoms with Crippen molar-refractivity contribution in [3.8, 4) is 0 Å². The first-order valence-electron chi connectivity index (χ1n) is 6.51. The van der Waals surface area contributed by atoms with Gasteiger partial charge in [-0.25, -0.2) is 8.42 Å². The maximum Gasteiger partial charge on any atom is 0.147 e. The van der Waals surface area contributed by atoms with Crippen LogP contribution in [-0.4, -0.2) is 57.5 Å². The fraction of sp³-hybridized carbons (Fsp3) is 1.00. The van der Waals surface area contributed by atoms with Gasteiger partial charge in [-0.1, -0.05) is 0 Å². The van der Waals surface area contributed by atoms with Crippen molar-refractivity contribution in [3.05, 3.63) is 0 Å². The monoisotopic (exact) mass is 262 g/mol. The molecule has 17 heavy (non-hydrogen) atoms. The van der Waals surface area contributed by atoms with Gasteiger partial charge >= 0.3 is 0 Å². The van der Waals surface area contributed by atoms with E-state index >= 15 is 0 Å². The summed E-state index contributed by atoms with van der Waals surface area (Å²) in [7, 11) is -2.79. The third-order valence-corrected chi connectivity index (χ3v) is 4.38. The van der Waals surface area contributed by atoms with E-state index in [1.165, 1.54) is 25.8 Å². The molecule has 1 atom stereocenters. The molecule has 0 bridgehead atoms.